The highest BCUT2D eigenvalue weighted by molar-refractivity contribution is 5.44. The molecule has 64 valence electrons. The number of aromatic nitrogens is 1. The molecular weight excluding hydrogens is 155 g/mol. The first-order chi connectivity index (χ1) is 5.68. The quantitative estimate of drug-likeness (QED) is 0.724. The van der Waals surface area contributed by atoms with Gasteiger partial charge in [0.2, 0.25) is 0 Å². The van der Waals surface area contributed by atoms with Crippen molar-refractivity contribution in [1.29, 1.82) is 0 Å². The second-order valence-corrected chi connectivity index (χ2v) is 2.62. The largest absolute Gasteiger partial charge is 0.325 e. The first-order valence-corrected chi connectivity index (χ1v) is 3.74. The summed E-state index contributed by atoms with van der Waals surface area (Å²) in [6.07, 6.45) is 4.89. The molecule has 0 spiro atoms. The maximum Gasteiger partial charge on any atom is 0.126 e. The molecule has 1 aromatic heterocycles. The van der Waals surface area contributed by atoms with Gasteiger partial charge in [0, 0.05) is 12.2 Å². The van der Waals surface area contributed by atoms with Gasteiger partial charge in [-0.05, 0) is 25.1 Å². The number of nitrogens with zero attached hydrogens (tertiary/aromatic N) is 1. The van der Waals surface area contributed by atoms with Gasteiger partial charge in [-0.25, -0.2) is 4.39 Å². The normalized spacial score (nSPS) is 13.6. The number of nitrogens with two attached hydrogens (primary N) is 1. The molecule has 0 radical (unpaired) electrons. The third-order valence-corrected chi connectivity index (χ3v) is 1.31. The topological polar surface area (TPSA) is 38.9 Å². The van der Waals surface area contributed by atoms with E-state index in [2.05, 4.69) is 4.98 Å². The van der Waals surface area contributed by atoms with Crippen LogP contribution in [0.4, 0.5) is 4.39 Å². The Balaban J connectivity index is 2.76. The molecule has 1 rings (SSSR count). The van der Waals surface area contributed by atoms with E-state index in [9.17, 15) is 4.39 Å². The fraction of sp³-hybridized carbons (Fsp3) is 0.222. The van der Waals surface area contributed by atoms with Crippen LogP contribution in [0.25, 0.3) is 6.08 Å². The van der Waals surface area contributed by atoms with Gasteiger partial charge < -0.3 is 5.73 Å². The van der Waals surface area contributed by atoms with E-state index in [1.54, 1.807) is 12.2 Å². The second kappa shape index (κ2) is 3.97. The Bertz CT molecular complexity index is 282. The summed E-state index contributed by atoms with van der Waals surface area (Å²) in [4.78, 5) is 3.93. The van der Waals surface area contributed by atoms with Gasteiger partial charge in [0.05, 0.1) is 5.69 Å². The summed E-state index contributed by atoms with van der Waals surface area (Å²) in [5, 5.41) is 0. The number of hydrogen-bond donors (Lipinski definition) is 1. The van der Waals surface area contributed by atoms with E-state index in [0.717, 1.165) is 0 Å². The molecule has 2 nitrogen and oxygen atoms in total. The van der Waals surface area contributed by atoms with Crippen molar-refractivity contribution >= 4 is 6.08 Å². The lowest BCUT2D eigenvalue weighted by molar-refractivity contribution is 0.625. The van der Waals surface area contributed by atoms with Crippen molar-refractivity contribution in [2.24, 2.45) is 5.73 Å². The molecule has 1 atom stereocenters. The summed E-state index contributed by atoms with van der Waals surface area (Å²) in [6, 6.07) is 2.64. The molecule has 2 N–H and O–H groups in total. The first kappa shape index (κ1) is 8.87. The summed E-state index contributed by atoms with van der Waals surface area (Å²) in [7, 11) is 0. The average Bonchev–Trinajstić information content (AvgIpc) is 2.01. The van der Waals surface area contributed by atoms with Crippen LogP contribution >= 0.6 is 0 Å². The molecule has 0 aromatic carbocycles. The number of pyridine rings is 1. The van der Waals surface area contributed by atoms with Crippen molar-refractivity contribution in [3.8, 4) is 0 Å². The van der Waals surface area contributed by atoms with Crippen LogP contribution < -0.4 is 5.73 Å². The lowest BCUT2D eigenvalue weighted by Gasteiger charge is -1.95. The Hall–Kier alpha value is -1.22. The summed E-state index contributed by atoms with van der Waals surface area (Å²) < 4.78 is 12.6. The lowest BCUT2D eigenvalue weighted by atomic mass is 10.2. The molecule has 0 saturated carbocycles. The molecule has 0 aliphatic rings. The first-order valence-electron chi connectivity index (χ1n) is 3.74. The van der Waals surface area contributed by atoms with E-state index in [4.69, 9.17) is 5.73 Å². The number of halogens is 1. The smallest absolute Gasteiger partial charge is 0.126 e. The molecule has 0 aliphatic carbocycles. The Morgan fingerprint density at radius 3 is 3.00 bits per heavy atom. The molecular formula is C9H11FN2. The monoisotopic (exact) mass is 166 g/mol. The van der Waals surface area contributed by atoms with Crippen molar-refractivity contribution in [2.75, 3.05) is 0 Å². The maximum atomic E-state index is 12.6. The van der Waals surface area contributed by atoms with Crippen LogP contribution in [-0.2, 0) is 0 Å². The summed E-state index contributed by atoms with van der Waals surface area (Å²) in [5.41, 5.74) is 6.06. The van der Waals surface area contributed by atoms with Gasteiger partial charge in [0.1, 0.15) is 5.82 Å². The van der Waals surface area contributed by atoms with Crippen LogP contribution in [-0.4, -0.2) is 11.0 Å². The Morgan fingerprint density at radius 2 is 2.42 bits per heavy atom. The molecule has 3 heteroatoms. The molecule has 0 fully saturated rings. The standard InChI is InChI=1S/C9H11FN2/c1-7(11)2-3-9-6-8(10)4-5-12-9/h2-7H,11H2,1H3/b3-2+. The third-order valence-electron chi connectivity index (χ3n) is 1.31. The van der Waals surface area contributed by atoms with E-state index in [1.165, 1.54) is 18.3 Å². The van der Waals surface area contributed by atoms with Crippen molar-refractivity contribution < 1.29 is 4.39 Å². The zero-order chi connectivity index (χ0) is 8.97. The molecule has 1 aromatic rings. The Kier molecular flexibility index (Phi) is 2.94. The van der Waals surface area contributed by atoms with Crippen molar-refractivity contribution in [2.45, 2.75) is 13.0 Å². The average molecular weight is 166 g/mol. The van der Waals surface area contributed by atoms with Crippen molar-refractivity contribution in [3.05, 3.63) is 35.9 Å². The fourth-order valence-electron chi connectivity index (χ4n) is 0.763. The van der Waals surface area contributed by atoms with Crippen LogP contribution in [0.3, 0.4) is 0 Å². The summed E-state index contributed by atoms with van der Waals surface area (Å²) in [6.45, 7) is 1.84. The highest BCUT2D eigenvalue weighted by atomic mass is 19.1. The van der Waals surface area contributed by atoms with E-state index in [0.29, 0.717) is 5.69 Å². The molecule has 0 aliphatic heterocycles. The highest BCUT2D eigenvalue weighted by Crippen LogP contribution is 2.01. The number of hydrogen-bond acceptors (Lipinski definition) is 2. The van der Waals surface area contributed by atoms with Crippen LogP contribution in [0.2, 0.25) is 0 Å². The third kappa shape index (κ3) is 2.80. The summed E-state index contributed by atoms with van der Waals surface area (Å²) in [5.74, 6) is -0.283. The Labute approximate surface area is 70.9 Å². The predicted octanol–water partition coefficient (Wildman–Crippen LogP) is 1.58. The zero-order valence-electron chi connectivity index (χ0n) is 6.87. The van der Waals surface area contributed by atoms with Crippen LogP contribution in [0, 0.1) is 5.82 Å². The minimum absolute atomic E-state index is 0.0323. The van der Waals surface area contributed by atoms with E-state index >= 15 is 0 Å². The molecule has 1 heterocycles. The van der Waals surface area contributed by atoms with Gasteiger partial charge in [0.25, 0.3) is 0 Å². The molecule has 0 amide bonds. The molecule has 0 saturated heterocycles. The van der Waals surface area contributed by atoms with Crippen LogP contribution in [0.5, 0.6) is 0 Å². The minimum atomic E-state index is -0.283. The van der Waals surface area contributed by atoms with Crippen LogP contribution in [0.15, 0.2) is 24.4 Å². The molecule has 12 heavy (non-hydrogen) atoms. The summed E-state index contributed by atoms with van der Waals surface area (Å²) >= 11 is 0. The van der Waals surface area contributed by atoms with E-state index in [1.807, 2.05) is 6.92 Å². The Morgan fingerprint density at radius 1 is 1.67 bits per heavy atom. The highest BCUT2D eigenvalue weighted by Gasteiger charge is 1.91. The van der Waals surface area contributed by atoms with Gasteiger partial charge in [-0.15, -0.1) is 0 Å². The SMILES string of the molecule is CC(N)/C=C/c1cc(F)ccn1. The van der Waals surface area contributed by atoms with E-state index < -0.39 is 0 Å². The van der Waals surface area contributed by atoms with Gasteiger partial charge >= 0.3 is 0 Å². The number of rotatable bonds is 2. The predicted molar refractivity (Wildman–Crippen MR) is 46.9 cm³/mol. The van der Waals surface area contributed by atoms with Crippen molar-refractivity contribution in [1.82, 2.24) is 4.98 Å². The van der Waals surface area contributed by atoms with Gasteiger partial charge in [-0.1, -0.05) is 6.08 Å². The van der Waals surface area contributed by atoms with Gasteiger partial charge in [-0.2, -0.15) is 0 Å². The lowest BCUT2D eigenvalue weighted by Crippen LogP contribution is -2.09. The second-order valence-electron chi connectivity index (χ2n) is 2.62. The van der Waals surface area contributed by atoms with Gasteiger partial charge in [-0.3, -0.25) is 4.98 Å². The fourth-order valence-corrected chi connectivity index (χ4v) is 0.763. The van der Waals surface area contributed by atoms with Crippen LogP contribution in [0.1, 0.15) is 12.6 Å². The zero-order valence-corrected chi connectivity index (χ0v) is 6.87. The maximum absolute atomic E-state index is 12.6. The van der Waals surface area contributed by atoms with Gasteiger partial charge in [0.15, 0.2) is 0 Å². The minimum Gasteiger partial charge on any atom is -0.325 e. The van der Waals surface area contributed by atoms with Crippen molar-refractivity contribution in [3.63, 3.8) is 0 Å². The molecule has 1 unspecified atom stereocenters. The van der Waals surface area contributed by atoms with E-state index in [-0.39, 0.29) is 11.9 Å². The molecule has 0 bridgehead atoms.